The molecule has 1 saturated heterocycles. The van der Waals surface area contributed by atoms with E-state index in [1.807, 2.05) is 12.1 Å². The Morgan fingerprint density at radius 2 is 1.56 bits per heavy atom. The Kier molecular flexibility index (Phi) is 4.97. The van der Waals surface area contributed by atoms with E-state index in [0.717, 1.165) is 24.8 Å². The molecule has 2 aliphatic rings. The molecular weight excluding hydrogens is 362 g/mol. The summed E-state index contributed by atoms with van der Waals surface area (Å²) >= 11 is 0. The first-order valence-electron chi connectivity index (χ1n) is 9.37. The van der Waals surface area contributed by atoms with Gasteiger partial charge in [-0.2, -0.15) is 4.31 Å². The molecule has 0 radical (unpaired) electrons. The van der Waals surface area contributed by atoms with E-state index < -0.39 is 10.0 Å². The first-order chi connectivity index (χ1) is 13.1. The third-order valence-electron chi connectivity index (χ3n) is 5.41. The van der Waals surface area contributed by atoms with Crippen LogP contribution >= 0.6 is 0 Å². The average molecular weight is 385 g/mol. The number of aromatic nitrogens is 1. The summed E-state index contributed by atoms with van der Waals surface area (Å²) in [5.41, 5.74) is 3.01. The molecular formula is C20H23N3O3S. The standard InChI is InChI=1S/C20H23N3O3S/c24-20(17-7-9-21-10-8-17)22-11-13-23(14-12-22)27(25,26)19-6-5-16-3-1-2-4-18(16)15-19/h5-10,15H,1-4,11-14H2. The van der Waals surface area contributed by atoms with Gasteiger partial charge in [-0.25, -0.2) is 8.42 Å². The molecule has 1 amide bonds. The van der Waals surface area contributed by atoms with E-state index in [9.17, 15) is 13.2 Å². The number of nitrogens with zero attached hydrogens (tertiary/aromatic N) is 3. The number of aryl methyl sites for hydroxylation is 2. The Bertz CT molecular complexity index is 936. The highest BCUT2D eigenvalue weighted by molar-refractivity contribution is 7.89. The first-order valence-corrected chi connectivity index (χ1v) is 10.8. The second kappa shape index (κ2) is 7.40. The summed E-state index contributed by atoms with van der Waals surface area (Å²) in [6.07, 6.45) is 7.45. The predicted octanol–water partition coefficient (Wildman–Crippen LogP) is 2.11. The molecule has 0 saturated carbocycles. The number of sulfonamides is 1. The lowest BCUT2D eigenvalue weighted by molar-refractivity contribution is 0.0698. The van der Waals surface area contributed by atoms with Crippen LogP contribution in [0.4, 0.5) is 0 Å². The molecule has 1 aliphatic carbocycles. The third-order valence-corrected chi connectivity index (χ3v) is 7.31. The van der Waals surface area contributed by atoms with Crippen LogP contribution in [0.3, 0.4) is 0 Å². The molecule has 27 heavy (non-hydrogen) atoms. The van der Waals surface area contributed by atoms with Crippen molar-refractivity contribution in [3.05, 3.63) is 59.4 Å². The number of fused-ring (bicyclic) bond motifs is 1. The van der Waals surface area contributed by atoms with Crippen molar-refractivity contribution in [2.45, 2.75) is 30.6 Å². The Labute approximate surface area is 159 Å². The van der Waals surface area contributed by atoms with Gasteiger partial charge in [-0.05, 0) is 61.1 Å². The molecule has 1 aromatic carbocycles. The third kappa shape index (κ3) is 3.61. The second-order valence-corrected chi connectivity index (χ2v) is 9.01. The van der Waals surface area contributed by atoms with Gasteiger partial charge in [0.2, 0.25) is 10.0 Å². The summed E-state index contributed by atoms with van der Waals surface area (Å²) in [4.78, 5) is 18.5. The molecule has 1 fully saturated rings. The van der Waals surface area contributed by atoms with Gasteiger partial charge in [-0.15, -0.1) is 0 Å². The molecule has 0 unspecified atom stereocenters. The van der Waals surface area contributed by atoms with Gasteiger partial charge in [0.25, 0.3) is 5.91 Å². The van der Waals surface area contributed by atoms with E-state index in [4.69, 9.17) is 0 Å². The maximum absolute atomic E-state index is 13.0. The van der Waals surface area contributed by atoms with Crippen LogP contribution in [0.1, 0.15) is 34.3 Å². The van der Waals surface area contributed by atoms with Crippen molar-refractivity contribution in [1.82, 2.24) is 14.2 Å². The highest BCUT2D eigenvalue weighted by Gasteiger charge is 2.31. The van der Waals surface area contributed by atoms with Crippen molar-refractivity contribution in [1.29, 1.82) is 0 Å². The van der Waals surface area contributed by atoms with Gasteiger partial charge < -0.3 is 4.90 Å². The van der Waals surface area contributed by atoms with E-state index in [1.165, 1.54) is 16.3 Å². The fraction of sp³-hybridized carbons (Fsp3) is 0.400. The van der Waals surface area contributed by atoms with Gasteiger partial charge in [-0.3, -0.25) is 9.78 Å². The molecule has 0 bridgehead atoms. The number of piperazine rings is 1. The van der Waals surface area contributed by atoms with Crippen LogP contribution < -0.4 is 0 Å². The van der Waals surface area contributed by atoms with Gasteiger partial charge in [0.05, 0.1) is 4.90 Å². The molecule has 4 rings (SSSR count). The summed E-state index contributed by atoms with van der Waals surface area (Å²) in [5.74, 6) is -0.0803. The van der Waals surface area contributed by atoms with Gasteiger partial charge in [0.1, 0.15) is 0 Å². The van der Waals surface area contributed by atoms with Crippen LogP contribution in [0.15, 0.2) is 47.6 Å². The minimum absolute atomic E-state index is 0.0803. The van der Waals surface area contributed by atoms with Crippen LogP contribution in [0.25, 0.3) is 0 Å². The lowest BCUT2D eigenvalue weighted by atomic mass is 9.92. The number of carbonyl (C=O) groups excluding carboxylic acids is 1. The molecule has 142 valence electrons. The van der Waals surface area contributed by atoms with Crippen LogP contribution in [0.2, 0.25) is 0 Å². The van der Waals surface area contributed by atoms with Crippen molar-refractivity contribution in [2.24, 2.45) is 0 Å². The Morgan fingerprint density at radius 3 is 2.26 bits per heavy atom. The number of hydrogen-bond acceptors (Lipinski definition) is 4. The molecule has 0 atom stereocenters. The van der Waals surface area contributed by atoms with Crippen molar-refractivity contribution in [2.75, 3.05) is 26.2 Å². The molecule has 0 spiro atoms. The topological polar surface area (TPSA) is 70.6 Å². The first kappa shape index (κ1) is 18.1. The minimum Gasteiger partial charge on any atom is -0.336 e. The largest absolute Gasteiger partial charge is 0.336 e. The molecule has 7 heteroatoms. The fourth-order valence-electron chi connectivity index (χ4n) is 3.83. The lowest BCUT2D eigenvalue weighted by Gasteiger charge is -2.34. The van der Waals surface area contributed by atoms with Crippen molar-refractivity contribution < 1.29 is 13.2 Å². The molecule has 6 nitrogen and oxygen atoms in total. The zero-order chi connectivity index (χ0) is 18.9. The smallest absolute Gasteiger partial charge is 0.254 e. The molecule has 2 heterocycles. The normalized spacial score (nSPS) is 18.1. The molecule has 1 aliphatic heterocycles. The fourth-order valence-corrected chi connectivity index (χ4v) is 5.30. The van der Waals surface area contributed by atoms with Crippen LogP contribution in [-0.2, 0) is 22.9 Å². The maximum atomic E-state index is 13.0. The van der Waals surface area contributed by atoms with Gasteiger partial charge in [0.15, 0.2) is 0 Å². The number of amides is 1. The zero-order valence-corrected chi connectivity index (χ0v) is 16.0. The zero-order valence-electron chi connectivity index (χ0n) is 15.2. The Hall–Kier alpha value is -2.25. The second-order valence-electron chi connectivity index (χ2n) is 7.07. The van der Waals surface area contributed by atoms with Crippen LogP contribution in [-0.4, -0.2) is 54.7 Å². The SMILES string of the molecule is O=C(c1ccncc1)N1CCN(S(=O)(=O)c2ccc3c(c2)CCCC3)CC1. The molecule has 1 aromatic heterocycles. The van der Waals surface area contributed by atoms with Crippen molar-refractivity contribution in [3.63, 3.8) is 0 Å². The highest BCUT2D eigenvalue weighted by atomic mass is 32.2. The van der Waals surface area contributed by atoms with E-state index in [0.29, 0.717) is 36.6 Å². The highest BCUT2D eigenvalue weighted by Crippen LogP contribution is 2.26. The van der Waals surface area contributed by atoms with Crippen molar-refractivity contribution >= 4 is 15.9 Å². The van der Waals surface area contributed by atoms with E-state index in [2.05, 4.69) is 4.98 Å². The Morgan fingerprint density at radius 1 is 0.889 bits per heavy atom. The quantitative estimate of drug-likeness (QED) is 0.811. The van der Waals surface area contributed by atoms with Crippen LogP contribution in [0.5, 0.6) is 0 Å². The number of carbonyl (C=O) groups is 1. The lowest BCUT2D eigenvalue weighted by Crippen LogP contribution is -2.50. The summed E-state index contributed by atoms with van der Waals surface area (Å²) < 4.78 is 27.6. The number of hydrogen-bond donors (Lipinski definition) is 0. The van der Waals surface area contributed by atoms with Crippen molar-refractivity contribution in [3.8, 4) is 0 Å². The molecule has 0 N–H and O–H groups in total. The maximum Gasteiger partial charge on any atom is 0.254 e. The number of rotatable bonds is 3. The van der Waals surface area contributed by atoms with Gasteiger partial charge in [-0.1, -0.05) is 6.07 Å². The van der Waals surface area contributed by atoms with Gasteiger partial charge in [0, 0.05) is 44.1 Å². The Balaban J connectivity index is 1.46. The van der Waals surface area contributed by atoms with Gasteiger partial charge >= 0.3 is 0 Å². The minimum atomic E-state index is -3.52. The van der Waals surface area contributed by atoms with E-state index in [-0.39, 0.29) is 5.91 Å². The van der Waals surface area contributed by atoms with E-state index in [1.54, 1.807) is 35.5 Å². The van der Waals surface area contributed by atoms with Crippen LogP contribution in [0, 0.1) is 0 Å². The molecule has 2 aromatic rings. The average Bonchev–Trinajstić information content (AvgIpc) is 2.73. The monoisotopic (exact) mass is 385 g/mol. The summed E-state index contributed by atoms with van der Waals surface area (Å²) in [5, 5.41) is 0. The summed E-state index contributed by atoms with van der Waals surface area (Å²) in [7, 11) is -3.52. The number of benzene rings is 1. The number of pyridine rings is 1. The van der Waals surface area contributed by atoms with E-state index >= 15 is 0 Å². The summed E-state index contributed by atoms with van der Waals surface area (Å²) in [6.45, 7) is 1.42. The predicted molar refractivity (Wildman–Crippen MR) is 102 cm³/mol. The summed E-state index contributed by atoms with van der Waals surface area (Å²) in [6, 6.07) is 8.90.